The highest BCUT2D eigenvalue weighted by Gasteiger charge is 2.10. The molecule has 1 aromatic carbocycles. The lowest BCUT2D eigenvalue weighted by molar-refractivity contribution is 0.179. The molecule has 3 heteroatoms. The third-order valence-corrected chi connectivity index (χ3v) is 1.96. The van der Waals surface area contributed by atoms with Gasteiger partial charge in [-0.05, 0) is 12.5 Å². The van der Waals surface area contributed by atoms with Crippen LogP contribution in [0, 0.1) is 0 Å². The second-order valence-electron chi connectivity index (χ2n) is 3.14. The summed E-state index contributed by atoms with van der Waals surface area (Å²) in [4.78, 5) is 0. The first kappa shape index (κ1) is 11.0. The number of hydrogen-bond acceptors (Lipinski definition) is 3. The van der Waals surface area contributed by atoms with Crippen molar-refractivity contribution in [3.05, 3.63) is 29.8 Å². The summed E-state index contributed by atoms with van der Waals surface area (Å²) in [5.74, 6) is 0.729. The molecule has 1 atom stereocenters. The molecular formula is C11H17NO2. The summed E-state index contributed by atoms with van der Waals surface area (Å²) in [5.41, 5.74) is 6.16. The third kappa shape index (κ3) is 2.72. The van der Waals surface area contributed by atoms with Gasteiger partial charge in [-0.3, -0.25) is 0 Å². The summed E-state index contributed by atoms with van der Waals surface area (Å²) in [6, 6.07) is 7.44. The summed E-state index contributed by atoms with van der Waals surface area (Å²) >= 11 is 0. The molecule has 0 bridgehead atoms. The van der Waals surface area contributed by atoms with E-state index in [1.165, 1.54) is 0 Å². The highest BCUT2D eigenvalue weighted by Crippen LogP contribution is 2.24. The van der Waals surface area contributed by atoms with Gasteiger partial charge in [0.15, 0.2) is 0 Å². The lowest BCUT2D eigenvalue weighted by Gasteiger charge is -2.14. The molecule has 78 valence electrons. The number of nitrogens with two attached hydrogens (primary N) is 1. The zero-order valence-corrected chi connectivity index (χ0v) is 8.44. The van der Waals surface area contributed by atoms with Crippen LogP contribution in [0.25, 0.3) is 0 Å². The Bertz CT molecular complexity index is 276. The van der Waals surface area contributed by atoms with Gasteiger partial charge in [0.2, 0.25) is 0 Å². The smallest absolute Gasteiger partial charge is 0.125 e. The molecule has 0 radical (unpaired) electrons. The molecule has 0 aliphatic rings. The predicted molar refractivity (Wildman–Crippen MR) is 56.2 cm³/mol. The first-order valence-electron chi connectivity index (χ1n) is 4.89. The Balaban J connectivity index is 2.79. The molecule has 0 saturated carbocycles. The van der Waals surface area contributed by atoms with Crippen LogP contribution in [0.4, 0.5) is 0 Å². The normalized spacial score (nSPS) is 12.5. The molecule has 0 heterocycles. The van der Waals surface area contributed by atoms with Gasteiger partial charge in [-0.1, -0.05) is 25.1 Å². The van der Waals surface area contributed by atoms with E-state index in [-0.39, 0.29) is 6.54 Å². The van der Waals surface area contributed by atoms with Crippen LogP contribution in [0.1, 0.15) is 25.0 Å². The van der Waals surface area contributed by atoms with Crippen LogP contribution in [-0.4, -0.2) is 18.3 Å². The Hall–Kier alpha value is -1.06. The first-order chi connectivity index (χ1) is 6.79. The minimum atomic E-state index is -0.636. The van der Waals surface area contributed by atoms with E-state index >= 15 is 0 Å². The number of hydrogen-bond donors (Lipinski definition) is 2. The van der Waals surface area contributed by atoms with Gasteiger partial charge in [0.25, 0.3) is 0 Å². The molecular weight excluding hydrogens is 178 g/mol. The van der Waals surface area contributed by atoms with E-state index in [1.54, 1.807) is 0 Å². The average Bonchev–Trinajstić information content (AvgIpc) is 2.25. The van der Waals surface area contributed by atoms with Crippen molar-refractivity contribution in [3.63, 3.8) is 0 Å². The Morgan fingerprint density at radius 3 is 2.79 bits per heavy atom. The Morgan fingerprint density at radius 1 is 1.43 bits per heavy atom. The maximum atomic E-state index is 9.60. The molecule has 0 aliphatic carbocycles. The quantitative estimate of drug-likeness (QED) is 0.748. The number of aliphatic hydroxyl groups is 1. The van der Waals surface area contributed by atoms with Gasteiger partial charge in [-0.25, -0.2) is 0 Å². The van der Waals surface area contributed by atoms with Crippen molar-refractivity contribution in [2.24, 2.45) is 5.73 Å². The largest absolute Gasteiger partial charge is 0.493 e. The van der Waals surface area contributed by atoms with Crippen LogP contribution in [0.2, 0.25) is 0 Å². The standard InChI is InChI=1S/C11H17NO2/c1-2-7-14-11-6-4-3-5-9(11)10(13)8-12/h3-6,10,13H,2,7-8,12H2,1H3. The minimum Gasteiger partial charge on any atom is -0.493 e. The number of aliphatic hydroxyl groups excluding tert-OH is 1. The van der Waals surface area contributed by atoms with E-state index in [2.05, 4.69) is 0 Å². The summed E-state index contributed by atoms with van der Waals surface area (Å²) in [7, 11) is 0. The zero-order valence-electron chi connectivity index (χ0n) is 8.44. The van der Waals surface area contributed by atoms with E-state index in [9.17, 15) is 5.11 Å². The molecule has 3 nitrogen and oxygen atoms in total. The summed E-state index contributed by atoms with van der Waals surface area (Å²) in [5, 5.41) is 9.60. The first-order valence-corrected chi connectivity index (χ1v) is 4.89. The Kier molecular flexibility index (Phi) is 4.43. The second kappa shape index (κ2) is 5.62. The molecule has 3 N–H and O–H groups in total. The van der Waals surface area contributed by atoms with Crippen LogP contribution in [0.15, 0.2) is 24.3 Å². The fourth-order valence-electron chi connectivity index (χ4n) is 1.23. The van der Waals surface area contributed by atoms with Gasteiger partial charge in [-0.15, -0.1) is 0 Å². The number of ether oxygens (including phenoxy) is 1. The molecule has 0 aromatic heterocycles. The fraction of sp³-hybridized carbons (Fsp3) is 0.455. The van der Waals surface area contributed by atoms with Crippen molar-refractivity contribution in [3.8, 4) is 5.75 Å². The summed E-state index contributed by atoms with van der Waals surface area (Å²) in [6.45, 7) is 2.92. The van der Waals surface area contributed by atoms with E-state index < -0.39 is 6.10 Å². The Morgan fingerprint density at radius 2 is 2.14 bits per heavy atom. The maximum absolute atomic E-state index is 9.60. The van der Waals surface area contributed by atoms with Crippen LogP contribution < -0.4 is 10.5 Å². The van der Waals surface area contributed by atoms with E-state index in [0.717, 1.165) is 17.7 Å². The van der Waals surface area contributed by atoms with Gasteiger partial charge in [0.05, 0.1) is 12.7 Å². The van der Waals surface area contributed by atoms with Crippen molar-refractivity contribution in [1.82, 2.24) is 0 Å². The SMILES string of the molecule is CCCOc1ccccc1C(O)CN. The van der Waals surface area contributed by atoms with Gasteiger partial charge in [0.1, 0.15) is 5.75 Å². The van der Waals surface area contributed by atoms with Crippen molar-refractivity contribution >= 4 is 0 Å². The number of para-hydroxylation sites is 1. The van der Waals surface area contributed by atoms with Crippen LogP contribution in [0.5, 0.6) is 5.75 Å². The summed E-state index contributed by atoms with van der Waals surface area (Å²) in [6.07, 6.45) is 0.315. The fourth-order valence-corrected chi connectivity index (χ4v) is 1.23. The van der Waals surface area contributed by atoms with E-state index in [0.29, 0.717) is 6.61 Å². The van der Waals surface area contributed by atoms with Gasteiger partial charge in [-0.2, -0.15) is 0 Å². The molecule has 1 unspecified atom stereocenters. The van der Waals surface area contributed by atoms with E-state index in [4.69, 9.17) is 10.5 Å². The Labute approximate surface area is 84.5 Å². The lowest BCUT2D eigenvalue weighted by atomic mass is 10.1. The lowest BCUT2D eigenvalue weighted by Crippen LogP contribution is -2.13. The molecule has 0 spiro atoms. The topological polar surface area (TPSA) is 55.5 Å². The van der Waals surface area contributed by atoms with Crippen LogP contribution in [0.3, 0.4) is 0 Å². The highest BCUT2D eigenvalue weighted by atomic mass is 16.5. The zero-order chi connectivity index (χ0) is 10.4. The molecule has 1 rings (SSSR count). The van der Waals surface area contributed by atoms with E-state index in [1.807, 2.05) is 31.2 Å². The third-order valence-electron chi connectivity index (χ3n) is 1.96. The van der Waals surface area contributed by atoms with Gasteiger partial charge >= 0.3 is 0 Å². The van der Waals surface area contributed by atoms with Crippen molar-refractivity contribution in [1.29, 1.82) is 0 Å². The highest BCUT2D eigenvalue weighted by molar-refractivity contribution is 5.35. The van der Waals surface area contributed by atoms with Gasteiger partial charge in [0, 0.05) is 12.1 Å². The second-order valence-corrected chi connectivity index (χ2v) is 3.14. The molecule has 0 fully saturated rings. The molecule has 1 aromatic rings. The van der Waals surface area contributed by atoms with Gasteiger partial charge < -0.3 is 15.6 Å². The molecule has 14 heavy (non-hydrogen) atoms. The van der Waals surface area contributed by atoms with Crippen LogP contribution in [-0.2, 0) is 0 Å². The summed E-state index contributed by atoms with van der Waals surface area (Å²) < 4.78 is 5.49. The number of rotatable bonds is 5. The molecule has 0 saturated heterocycles. The monoisotopic (exact) mass is 195 g/mol. The minimum absolute atomic E-state index is 0.215. The van der Waals surface area contributed by atoms with Crippen molar-refractivity contribution in [2.75, 3.05) is 13.2 Å². The molecule has 0 aliphatic heterocycles. The van der Waals surface area contributed by atoms with Crippen molar-refractivity contribution in [2.45, 2.75) is 19.4 Å². The average molecular weight is 195 g/mol. The molecule has 0 amide bonds. The van der Waals surface area contributed by atoms with Crippen molar-refractivity contribution < 1.29 is 9.84 Å². The van der Waals surface area contributed by atoms with Crippen LogP contribution >= 0.6 is 0 Å². The predicted octanol–water partition coefficient (Wildman–Crippen LogP) is 1.47. The maximum Gasteiger partial charge on any atom is 0.125 e. The number of benzene rings is 1.